The van der Waals surface area contributed by atoms with Crippen LogP contribution in [-0.2, 0) is 14.3 Å². The maximum atomic E-state index is 11.1. The first-order chi connectivity index (χ1) is 9.19. The van der Waals surface area contributed by atoms with Gasteiger partial charge in [-0.1, -0.05) is 27.7 Å². The number of carbonyl (C=O) groups is 1. The Morgan fingerprint density at radius 1 is 1.35 bits per heavy atom. The van der Waals surface area contributed by atoms with Crippen LogP contribution in [-0.4, -0.2) is 48.0 Å². The number of aliphatic carboxylic acids is 1. The Balaban J connectivity index is 2.38. The highest BCUT2D eigenvalue weighted by Crippen LogP contribution is 2.24. The van der Waals surface area contributed by atoms with Crippen LogP contribution in [0.4, 0.5) is 0 Å². The van der Waals surface area contributed by atoms with Gasteiger partial charge in [0, 0.05) is 11.8 Å². The van der Waals surface area contributed by atoms with Crippen LogP contribution < -0.4 is 5.32 Å². The lowest BCUT2D eigenvalue weighted by molar-refractivity contribution is -0.232. The van der Waals surface area contributed by atoms with E-state index < -0.39 is 24.5 Å². The van der Waals surface area contributed by atoms with E-state index in [0.29, 0.717) is 19.6 Å². The van der Waals surface area contributed by atoms with E-state index in [4.69, 9.17) is 14.6 Å². The lowest BCUT2D eigenvalue weighted by Gasteiger charge is -2.35. The molecule has 0 amide bonds. The Labute approximate surface area is 120 Å². The molecule has 1 heterocycles. The first-order valence-corrected chi connectivity index (χ1v) is 7.10. The first-order valence-electron chi connectivity index (χ1n) is 7.10. The van der Waals surface area contributed by atoms with Crippen LogP contribution in [0.25, 0.3) is 0 Å². The monoisotopic (exact) mass is 289 g/mol. The minimum atomic E-state index is -0.957. The van der Waals surface area contributed by atoms with Gasteiger partial charge in [0.05, 0.1) is 13.2 Å². The van der Waals surface area contributed by atoms with Crippen molar-refractivity contribution in [3.63, 3.8) is 0 Å². The minimum Gasteiger partial charge on any atom is -0.480 e. The molecule has 1 aliphatic heterocycles. The third-order valence-corrected chi connectivity index (χ3v) is 3.13. The number of rotatable bonds is 7. The van der Waals surface area contributed by atoms with E-state index in [1.807, 2.05) is 27.7 Å². The Morgan fingerprint density at radius 2 is 1.90 bits per heavy atom. The average molecular weight is 289 g/mol. The standard InChI is InChI=1S/C14H27NO5/c1-9(2)5-10(13(17)18)15-11(16)6-12-19-7-14(3,4)8-20-12/h9-12,15-16H,5-8H2,1-4H3,(H,17,18)/t10-,11?/m0/s1. The zero-order valence-corrected chi connectivity index (χ0v) is 12.8. The quantitative estimate of drug-likeness (QED) is 0.610. The summed E-state index contributed by atoms with van der Waals surface area (Å²) < 4.78 is 11.0. The highest BCUT2D eigenvalue weighted by molar-refractivity contribution is 5.73. The van der Waals surface area contributed by atoms with Gasteiger partial charge in [-0.2, -0.15) is 0 Å². The van der Waals surface area contributed by atoms with E-state index >= 15 is 0 Å². The molecule has 1 aliphatic rings. The van der Waals surface area contributed by atoms with E-state index in [9.17, 15) is 9.90 Å². The molecule has 1 fully saturated rings. The van der Waals surface area contributed by atoms with Gasteiger partial charge >= 0.3 is 5.97 Å². The summed E-state index contributed by atoms with van der Waals surface area (Å²) in [6, 6.07) is -0.759. The molecule has 1 saturated heterocycles. The molecule has 0 aromatic rings. The van der Waals surface area contributed by atoms with Gasteiger partial charge in [-0.15, -0.1) is 0 Å². The lowest BCUT2D eigenvalue weighted by Crippen LogP contribution is -2.47. The molecular weight excluding hydrogens is 262 g/mol. The summed E-state index contributed by atoms with van der Waals surface area (Å²) in [6.07, 6.45) is -0.760. The second kappa shape index (κ2) is 7.36. The van der Waals surface area contributed by atoms with Gasteiger partial charge in [-0.05, 0) is 12.3 Å². The fourth-order valence-corrected chi connectivity index (χ4v) is 2.06. The molecule has 0 spiro atoms. The van der Waals surface area contributed by atoms with Gasteiger partial charge < -0.3 is 19.7 Å². The molecule has 2 atom stereocenters. The number of aliphatic hydroxyl groups is 1. The van der Waals surface area contributed by atoms with Gasteiger partial charge in [-0.3, -0.25) is 10.1 Å². The van der Waals surface area contributed by atoms with Crippen LogP contribution in [0, 0.1) is 11.3 Å². The molecule has 1 unspecified atom stereocenters. The molecule has 0 aromatic heterocycles. The van der Waals surface area contributed by atoms with Crippen molar-refractivity contribution in [2.45, 2.75) is 59.1 Å². The third-order valence-electron chi connectivity index (χ3n) is 3.13. The second-order valence-electron chi connectivity index (χ2n) is 6.65. The summed E-state index contributed by atoms with van der Waals surface area (Å²) in [5.74, 6) is -0.719. The third kappa shape index (κ3) is 6.17. The molecule has 0 saturated carbocycles. The Bertz CT molecular complexity index is 309. The normalized spacial score (nSPS) is 22.7. The molecular formula is C14H27NO5. The summed E-state index contributed by atoms with van der Waals surface area (Å²) in [7, 11) is 0. The van der Waals surface area contributed by atoms with E-state index in [0.717, 1.165) is 0 Å². The number of ether oxygens (including phenoxy) is 2. The topological polar surface area (TPSA) is 88.0 Å². The van der Waals surface area contributed by atoms with Crippen molar-refractivity contribution in [1.82, 2.24) is 5.32 Å². The highest BCUT2D eigenvalue weighted by atomic mass is 16.7. The van der Waals surface area contributed by atoms with Crippen LogP contribution in [0.3, 0.4) is 0 Å². The van der Waals surface area contributed by atoms with Crippen LogP contribution in [0.1, 0.15) is 40.5 Å². The highest BCUT2D eigenvalue weighted by Gasteiger charge is 2.30. The molecule has 3 N–H and O–H groups in total. The van der Waals surface area contributed by atoms with Crippen molar-refractivity contribution < 1.29 is 24.5 Å². The average Bonchev–Trinajstić information content (AvgIpc) is 2.30. The van der Waals surface area contributed by atoms with E-state index in [2.05, 4.69) is 5.32 Å². The van der Waals surface area contributed by atoms with Gasteiger partial charge in [0.15, 0.2) is 6.29 Å². The zero-order chi connectivity index (χ0) is 15.3. The Morgan fingerprint density at radius 3 is 2.35 bits per heavy atom. The van der Waals surface area contributed by atoms with Crippen molar-refractivity contribution in [3.05, 3.63) is 0 Å². The van der Waals surface area contributed by atoms with Crippen molar-refractivity contribution in [1.29, 1.82) is 0 Å². The zero-order valence-electron chi connectivity index (χ0n) is 12.8. The van der Waals surface area contributed by atoms with Crippen LogP contribution >= 0.6 is 0 Å². The summed E-state index contributed by atoms with van der Waals surface area (Å²) in [6.45, 7) is 9.11. The van der Waals surface area contributed by atoms with Crippen molar-refractivity contribution >= 4 is 5.97 Å². The number of aliphatic hydroxyl groups excluding tert-OH is 1. The summed E-state index contributed by atoms with van der Waals surface area (Å²) >= 11 is 0. The number of hydrogen-bond donors (Lipinski definition) is 3. The number of nitrogens with one attached hydrogen (secondary N) is 1. The molecule has 6 heteroatoms. The molecule has 0 aliphatic carbocycles. The minimum absolute atomic E-state index is 0.0177. The van der Waals surface area contributed by atoms with E-state index in [-0.39, 0.29) is 17.8 Å². The van der Waals surface area contributed by atoms with Gasteiger partial charge in [0.1, 0.15) is 12.3 Å². The maximum Gasteiger partial charge on any atom is 0.320 e. The van der Waals surface area contributed by atoms with Gasteiger partial charge in [0.2, 0.25) is 0 Å². The summed E-state index contributed by atoms with van der Waals surface area (Å²) in [5.41, 5.74) is -0.0177. The number of carboxylic acid groups (broad SMARTS) is 1. The van der Waals surface area contributed by atoms with Gasteiger partial charge in [0.25, 0.3) is 0 Å². The first kappa shape index (κ1) is 17.4. The fourth-order valence-electron chi connectivity index (χ4n) is 2.06. The molecule has 118 valence electrons. The SMILES string of the molecule is CC(C)C[C@H](NC(O)CC1OCC(C)(C)CO1)C(=O)O. The van der Waals surface area contributed by atoms with Crippen molar-refractivity contribution in [2.24, 2.45) is 11.3 Å². The maximum absolute atomic E-state index is 11.1. The smallest absolute Gasteiger partial charge is 0.320 e. The van der Waals surface area contributed by atoms with E-state index in [1.54, 1.807) is 0 Å². The predicted octanol–water partition coefficient (Wildman–Crippen LogP) is 1.18. The van der Waals surface area contributed by atoms with Gasteiger partial charge in [-0.25, -0.2) is 0 Å². The summed E-state index contributed by atoms with van der Waals surface area (Å²) in [5, 5.41) is 21.8. The Kier molecular flexibility index (Phi) is 6.39. The summed E-state index contributed by atoms with van der Waals surface area (Å²) in [4.78, 5) is 11.1. The predicted molar refractivity (Wildman–Crippen MR) is 74.1 cm³/mol. The van der Waals surface area contributed by atoms with Crippen molar-refractivity contribution in [3.8, 4) is 0 Å². The fraction of sp³-hybridized carbons (Fsp3) is 0.929. The molecule has 1 rings (SSSR count). The van der Waals surface area contributed by atoms with Crippen LogP contribution in [0.15, 0.2) is 0 Å². The lowest BCUT2D eigenvalue weighted by atomic mass is 9.95. The molecule has 0 aromatic carbocycles. The Hall–Kier alpha value is -0.690. The van der Waals surface area contributed by atoms with Crippen LogP contribution in [0.2, 0.25) is 0 Å². The number of carboxylic acids is 1. The molecule has 0 radical (unpaired) electrons. The largest absolute Gasteiger partial charge is 0.480 e. The molecule has 20 heavy (non-hydrogen) atoms. The number of hydrogen-bond acceptors (Lipinski definition) is 5. The second-order valence-corrected chi connectivity index (χ2v) is 6.65. The van der Waals surface area contributed by atoms with Crippen molar-refractivity contribution in [2.75, 3.05) is 13.2 Å². The van der Waals surface area contributed by atoms with E-state index in [1.165, 1.54) is 0 Å². The molecule has 0 bridgehead atoms. The van der Waals surface area contributed by atoms with Crippen LogP contribution in [0.5, 0.6) is 0 Å². The molecule has 6 nitrogen and oxygen atoms in total.